The first kappa shape index (κ1) is 23.0. The molecule has 0 saturated heterocycles. The molecular formula is C26H23N3O4S. The molecule has 0 radical (unpaired) electrons. The lowest BCUT2D eigenvalue weighted by molar-refractivity contribution is 0.102. The number of aromatic hydroxyl groups is 1. The molecule has 0 bridgehead atoms. The normalized spacial score (nSPS) is 10.8. The molecule has 2 N–H and O–H groups in total. The molecule has 3 aromatic carbocycles. The summed E-state index contributed by atoms with van der Waals surface area (Å²) >= 11 is 5.58. The molecule has 8 heteroatoms. The summed E-state index contributed by atoms with van der Waals surface area (Å²) in [4.78, 5) is 26.8. The maximum Gasteiger partial charge on any atom is 0.275 e. The van der Waals surface area contributed by atoms with Gasteiger partial charge in [-0.2, -0.15) is 0 Å². The molecular weight excluding hydrogens is 450 g/mol. The monoisotopic (exact) mass is 473 g/mol. The Morgan fingerprint density at radius 2 is 1.50 bits per heavy atom. The third-order valence-electron chi connectivity index (χ3n) is 4.95. The molecule has 0 aliphatic rings. The van der Waals surface area contributed by atoms with Crippen molar-refractivity contribution < 1.29 is 14.6 Å². The molecule has 172 valence electrons. The summed E-state index contributed by atoms with van der Waals surface area (Å²) in [6.07, 6.45) is -0.0440. The van der Waals surface area contributed by atoms with Crippen LogP contribution in [-0.2, 0) is 0 Å². The number of amides is 1. The smallest absolute Gasteiger partial charge is 0.275 e. The van der Waals surface area contributed by atoms with Crippen molar-refractivity contribution in [3.05, 3.63) is 106 Å². The average molecular weight is 474 g/mol. The van der Waals surface area contributed by atoms with Crippen LogP contribution in [0.5, 0.6) is 11.6 Å². The maximum absolute atomic E-state index is 13.5. The minimum atomic E-state index is -0.770. The molecule has 0 saturated carbocycles. The van der Waals surface area contributed by atoms with Crippen LogP contribution >= 0.6 is 12.2 Å². The third kappa shape index (κ3) is 4.62. The number of hydrogen-bond donors (Lipinski definition) is 2. The van der Waals surface area contributed by atoms with E-state index in [1.807, 2.05) is 26.0 Å². The lowest BCUT2D eigenvalue weighted by atomic mass is 10.2. The van der Waals surface area contributed by atoms with Gasteiger partial charge in [-0.1, -0.05) is 42.5 Å². The third-order valence-corrected chi connectivity index (χ3v) is 5.32. The Hall–Kier alpha value is -4.17. The summed E-state index contributed by atoms with van der Waals surface area (Å²) in [6, 6.07) is 24.4. The first-order valence-electron chi connectivity index (χ1n) is 10.7. The molecule has 0 atom stereocenters. The van der Waals surface area contributed by atoms with Gasteiger partial charge in [0.15, 0.2) is 10.3 Å². The standard InChI is InChI=1S/C26H23N3O4S/c1-17(2)33-21-15-9-10-18(16-21)27-23(30)22-24(31)28(19-11-5-3-6-12-19)26(34)29(25(22)32)20-13-7-4-8-14-20/h3-17,31H,1-2H3,(H,27,30). The van der Waals surface area contributed by atoms with E-state index in [1.54, 1.807) is 72.8 Å². The van der Waals surface area contributed by atoms with Gasteiger partial charge in [-0.15, -0.1) is 0 Å². The van der Waals surface area contributed by atoms with Gasteiger partial charge >= 0.3 is 0 Å². The zero-order valence-electron chi connectivity index (χ0n) is 18.6. The van der Waals surface area contributed by atoms with Gasteiger partial charge in [0, 0.05) is 11.8 Å². The van der Waals surface area contributed by atoms with E-state index in [-0.39, 0.29) is 10.9 Å². The van der Waals surface area contributed by atoms with Crippen LogP contribution in [0.25, 0.3) is 11.4 Å². The molecule has 4 rings (SSSR count). The Morgan fingerprint density at radius 1 is 0.912 bits per heavy atom. The molecule has 0 aliphatic heterocycles. The fraction of sp³-hybridized carbons (Fsp3) is 0.115. The summed E-state index contributed by atoms with van der Waals surface area (Å²) in [5.74, 6) is -0.743. The zero-order chi connectivity index (χ0) is 24.2. The van der Waals surface area contributed by atoms with E-state index < -0.39 is 22.9 Å². The molecule has 1 amide bonds. The van der Waals surface area contributed by atoms with Crippen LogP contribution in [0.4, 0.5) is 5.69 Å². The van der Waals surface area contributed by atoms with Crippen molar-refractivity contribution in [3.8, 4) is 23.0 Å². The molecule has 4 aromatic rings. The predicted molar refractivity (Wildman–Crippen MR) is 134 cm³/mol. The van der Waals surface area contributed by atoms with Gasteiger partial charge in [0.1, 0.15) is 5.75 Å². The summed E-state index contributed by atoms with van der Waals surface area (Å²) in [6.45, 7) is 3.79. The van der Waals surface area contributed by atoms with Gasteiger partial charge in [-0.25, -0.2) is 0 Å². The van der Waals surface area contributed by atoms with Crippen LogP contribution in [0, 0.1) is 4.77 Å². The van der Waals surface area contributed by atoms with Crippen LogP contribution in [0.3, 0.4) is 0 Å². The van der Waals surface area contributed by atoms with Gasteiger partial charge in [-0.3, -0.25) is 18.7 Å². The number of hydrogen-bond acceptors (Lipinski definition) is 5. The molecule has 0 unspecified atom stereocenters. The Morgan fingerprint density at radius 3 is 2.09 bits per heavy atom. The second-order valence-electron chi connectivity index (χ2n) is 7.78. The predicted octanol–water partition coefficient (Wildman–Crippen LogP) is 5.10. The van der Waals surface area contributed by atoms with Crippen LogP contribution in [0.15, 0.2) is 89.7 Å². The number of aromatic nitrogens is 2. The van der Waals surface area contributed by atoms with E-state index in [1.165, 1.54) is 9.13 Å². The number of nitrogens with zero attached hydrogens (tertiary/aromatic N) is 2. The second kappa shape index (κ2) is 9.76. The van der Waals surface area contributed by atoms with E-state index in [0.29, 0.717) is 22.8 Å². The Kier molecular flexibility index (Phi) is 6.60. The number of carbonyl (C=O) groups excluding carboxylic acids is 1. The molecule has 0 aliphatic carbocycles. The Balaban J connectivity index is 1.88. The first-order valence-corrected chi connectivity index (χ1v) is 11.1. The second-order valence-corrected chi connectivity index (χ2v) is 8.14. The summed E-state index contributed by atoms with van der Waals surface area (Å²) < 4.78 is 8.24. The minimum absolute atomic E-state index is 0.0313. The largest absolute Gasteiger partial charge is 0.493 e. The summed E-state index contributed by atoms with van der Waals surface area (Å²) in [5.41, 5.74) is 0.242. The highest BCUT2D eigenvalue weighted by atomic mass is 32.1. The molecule has 7 nitrogen and oxygen atoms in total. The number of carbonyl (C=O) groups is 1. The number of para-hydroxylation sites is 2. The van der Waals surface area contributed by atoms with Crippen molar-refractivity contribution in [2.75, 3.05) is 5.32 Å². The topological polar surface area (TPSA) is 85.5 Å². The SMILES string of the molecule is CC(C)Oc1cccc(NC(=O)c2c(O)n(-c3ccccc3)c(=S)n(-c3ccccc3)c2=O)c1. The minimum Gasteiger partial charge on any atom is -0.493 e. The van der Waals surface area contributed by atoms with Crippen LogP contribution < -0.4 is 15.6 Å². The number of nitrogens with one attached hydrogen (secondary N) is 1. The van der Waals surface area contributed by atoms with Crippen molar-refractivity contribution in [1.82, 2.24) is 9.13 Å². The Labute approximate surface area is 201 Å². The Bertz CT molecular complexity index is 1440. The van der Waals surface area contributed by atoms with E-state index in [0.717, 1.165) is 0 Å². The van der Waals surface area contributed by atoms with Crippen molar-refractivity contribution in [3.63, 3.8) is 0 Å². The maximum atomic E-state index is 13.5. The van der Waals surface area contributed by atoms with E-state index in [4.69, 9.17) is 17.0 Å². The number of benzene rings is 3. The molecule has 0 fully saturated rings. The fourth-order valence-corrected chi connectivity index (χ4v) is 3.90. The zero-order valence-corrected chi connectivity index (χ0v) is 19.5. The van der Waals surface area contributed by atoms with Crippen molar-refractivity contribution in [2.45, 2.75) is 20.0 Å². The van der Waals surface area contributed by atoms with Gasteiger partial charge in [0.2, 0.25) is 5.88 Å². The molecule has 0 spiro atoms. The molecule has 1 heterocycles. The van der Waals surface area contributed by atoms with Gasteiger partial charge < -0.3 is 15.2 Å². The van der Waals surface area contributed by atoms with Crippen LogP contribution in [-0.4, -0.2) is 26.3 Å². The average Bonchev–Trinajstić information content (AvgIpc) is 2.80. The number of ether oxygens (including phenoxy) is 1. The van der Waals surface area contributed by atoms with E-state index in [2.05, 4.69) is 5.32 Å². The lowest BCUT2D eigenvalue weighted by Crippen LogP contribution is -2.32. The van der Waals surface area contributed by atoms with Crippen molar-refractivity contribution in [2.24, 2.45) is 0 Å². The van der Waals surface area contributed by atoms with E-state index >= 15 is 0 Å². The van der Waals surface area contributed by atoms with Crippen molar-refractivity contribution in [1.29, 1.82) is 0 Å². The number of rotatable bonds is 6. The molecule has 34 heavy (non-hydrogen) atoms. The van der Waals surface area contributed by atoms with Crippen LogP contribution in [0.2, 0.25) is 0 Å². The number of anilines is 1. The first-order chi connectivity index (χ1) is 16.4. The van der Waals surface area contributed by atoms with E-state index in [9.17, 15) is 14.7 Å². The summed E-state index contributed by atoms with van der Waals surface area (Å²) in [5, 5.41) is 13.8. The highest BCUT2D eigenvalue weighted by molar-refractivity contribution is 7.71. The molecule has 1 aromatic heterocycles. The van der Waals surface area contributed by atoms with Gasteiger partial charge in [-0.05, 0) is 62.5 Å². The van der Waals surface area contributed by atoms with Gasteiger partial charge in [0.25, 0.3) is 11.5 Å². The quantitative estimate of drug-likeness (QED) is 0.381. The highest BCUT2D eigenvalue weighted by Gasteiger charge is 2.24. The summed E-state index contributed by atoms with van der Waals surface area (Å²) in [7, 11) is 0. The van der Waals surface area contributed by atoms with Crippen LogP contribution in [0.1, 0.15) is 24.2 Å². The highest BCUT2D eigenvalue weighted by Crippen LogP contribution is 2.24. The van der Waals surface area contributed by atoms with Crippen molar-refractivity contribution >= 4 is 23.8 Å². The fourth-order valence-electron chi connectivity index (χ4n) is 3.52. The van der Waals surface area contributed by atoms with Gasteiger partial charge in [0.05, 0.1) is 17.5 Å². The lowest BCUT2D eigenvalue weighted by Gasteiger charge is -2.17.